The normalized spacial score (nSPS) is 10.5. The van der Waals surface area contributed by atoms with Gasteiger partial charge in [-0.1, -0.05) is 17.3 Å². The second-order valence-corrected chi connectivity index (χ2v) is 4.28. The van der Waals surface area contributed by atoms with Crippen LogP contribution in [0.3, 0.4) is 0 Å². The lowest BCUT2D eigenvalue weighted by Crippen LogP contribution is -1.87. The van der Waals surface area contributed by atoms with Crippen molar-refractivity contribution in [2.24, 2.45) is 0 Å². The molecule has 0 unspecified atom stereocenters. The maximum absolute atomic E-state index is 5.82. The molecule has 0 radical (unpaired) electrons. The van der Waals surface area contributed by atoms with Crippen LogP contribution in [-0.4, -0.2) is 5.16 Å². The van der Waals surface area contributed by atoms with Gasteiger partial charge in [0.25, 0.3) is 0 Å². The molecule has 2 N–H and O–H groups in total. The summed E-state index contributed by atoms with van der Waals surface area (Å²) >= 11 is 1.65. The molecule has 0 saturated heterocycles. The summed E-state index contributed by atoms with van der Waals surface area (Å²) in [5, 5.41) is 3.83. The predicted molar refractivity (Wildman–Crippen MR) is 61.7 cm³/mol. The van der Waals surface area contributed by atoms with Gasteiger partial charge in [0.1, 0.15) is 5.76 Å². The number of aromatic nitrogens is 1. The van der Waals surface area contributed by atoms with Gasteiger partial charge >= 0.3 is 0 Å². The SMILES string of the molecule is Cc1cc(CSc2ccccc2N)on1. The van der Waals surface area contributed by atoms with Gasteiger partial charge in [-0.05, 0) is 19.1 Å². The highest BCUT2D eigenvalue weighted by Crippen LogP contribution is 2.27. The first-order valence-corrected chi connectivity index (χ1v) is 5.64. The molecule has 1 heterocycles. The van der Waals surface area contributed by atoms with Crippen LogP contribution in [0.4, 0.5) is 5.69 Å². The average Bonchev–Trinajstić information content (AvgIpc) is 2.63. The number of nitrogen functional groups attached to an aromatic ring is 1. The van der Waals surface area contributed by atoms with Crippen molar-refractivity contribution < 1.29 is 4.52 Å². The van der Waals surface area contributed by atoms with Crippen molar-refractivity contribution in [3.8, 4) is 0 Å². The summed E-state index contributed by atoms with van der Waals surface area (Å²) < 4.78 is 5.11. The van der Waals surface area contributed by atoms with E-state index in [0.29, 0.717) is 0 Å². The fraction of sp³-hybridized carbons (Fsp3) is 0.182. The Morgan fingerprint density at radius 1 is 1.40 bits per heavy atom. The molecule has 0 fully saturated rings. The maximum Gasteiger partial charge on any atom is 0.147 e. The topological polar surface area (TPSA) is 52.0 Å². The Morgan fingerprint density at radius 2 is 2.20 bits per heavy atom. The quantitative estimate of drug-likeness (QED) is 0.638. The fourth-order valence-corrected chi connectivity index (χ4v) is 2.09. The Kier molecular flexibility index (Phi) is 2.97. The predicted octanol–water partition coefficient (Wildman–Crippen LogP) is 2.86. The van der Waals surface area contributed by atoms with E-state index in [0.717, 1.165) is 27.8 Å². The van der Waals surface area contributed by atoms with Crippen LogP contribution >= 0.6 is 11.8 Å². The van der Waals surface area contributed by atoms with E-state index in [4.69, 9.17) is 10.3 Å². The maximum atomic E-state index is 5.82. The Labute approximate surface area is 92.6 Å². The van der Waals surface area contributed by atoms with Crippen LogP contribution in [0.15, 0.2) is 39.8 Å². The molecule has 15 heavy (non-hydrogen) atoms. The van der Waals surface area contributed by atoms with Crippen LogP contribution in [0.1, 0.15) is 11.5 Å². The molecule has 4 heteroatoms. The van der Waals surface area contributed by atoms with Gasteiger partial charge in [0.05, 0.1) is 11.4 Å². The lowest BCUT2D eigenvalue weighted by Gasteiger charge is -2.02. The minimum Gasteiger partial charge on any atom is -0.398 e. The van der Waals surface area contributed by atoms with E-state index in [9.17, 15) is 0 Å². The Hall–Kier alpha value is -1.42. The molecule has 0 aliphatic carbocycles. The second kappa shape index (κ2) is 4.40. The molecule has 0 aliphatic rings. The number of thioether (sulfide) groups is 1. The Morgan fingerprint density at radius 3 is 2.87 bits per heavy atom. The summed E-state index contributed by atoms with van der Waals surface area (Å²) in [5.41, 5.74) is 7.54. The van der Waals surface area contributed by atoms with E-state index in [1.807, 2.05) is 37.3 Å². The van der Waals surface area contributed by atoms with E-state index in [-0.39, 0.29) is 0 Å². The third kappa shape index (κ3) is 2.53. The van der Waals surface area contributed by atoms with Crippen molar-refractivity contribution in [3.63, 3.8) is 0 Å². The number of nitrogens with zero attached hydrogens (tertiary/aromatic N) is 1. The highest BCUT2D eigenvalue weighted by Gasteiger charge is 2.03. The third-order valence-electron chi connectivity index (χ3n) is 1.97. The molecular weight excluding hydrogens is 208 g/mol. The van der Waals surface area contributed by atoms with Crippen molar-refractivity contribution >= 4 is 17.4 Å². The van der Waals surface area contributed by atoms with Crippen LogP contribution in [0.2, 0.25) is 0 Å². The molecule has 0 spiro atoms. The summed E-state index contributed by atoms with van der Waals surface area (Å²) in [6, 6.07) is 9.74. The largest absolute Gasteiger partial charge is 0.398 e. The minimum atomic E-state index is 0.759. The zero-order valence-electron chi connectivity index (χ0n) is 8.43. The van der Waals surface area contributed by atoms with Gasteiger partial charge in [0.15, 0.2) is 0 Å². The number of benzene rings is 1. The van der Waals surface area contributed by atoms with Gasteiger partial charge in [-0.25, -0.2) is 0 Å². The fourth-order valence-electron chi connectivity index (χ4n) is 1.25. The van der Waals surface area contributed by atoms with Crippen LogP contribution < -0.4 is 5.73 Å². The number of nitrogens with two attached hydrogens (primary N) is 1. The van der Waals surface area contributed by atoms with Gasteiger partial charge in [0, 0.05) is 16.6 Å². The number of aryl methyl sites for hydroxylation is 1. The lowest BCUT2D eigenvalue weighted by atomic mass is 10.3. The summed E-state index contributed by atoms with van der Waals surface area (Å²) in [5.74, 6) is 1.63. The average molecular weight is 220 g/mol. The van der Waals surface area contributed by atoms with Gasteiger partial charge < -0.3 is 10.3 Å². The van der Waals surface area contributed by atoms with Crippen molar-refractivity contribution in [1.82, 2.24) is 5.16 Å². The van der Waals surface area contributed by atoms with Gasteiger partial charge in [0.2, 0.25) is 0 Å². The smallest absolute Gasteiger partial charge is 0.147 e. The summed E-state index contributed by atoms with van der Waals surface area (Å²) in [6.45, 7) is 1.91. The number of rotatable bonds is 3. The standard InChI is InChI=1S/C11H12N2OS/c1-8-6-9(14-13-8)7-15-11-5-3-2-4-10(11)12/h2-6H,7,12H2,1H3. The zero-order valence-corrected chi connectivity index (χ0v) is 9.25. The van der Waals surface area contributed by atoms with E-state index in [1.54, 1.807) is 11.8 Å². The van der Waals surface area contributed by atoms with E-state index in [2.05, 4.69) is 5.16 Å². The minimum absolute atomic E-state index is 0.759. The van der Waals surface area contributed by atoms with Crippen LogP contribution in [0, 0.1) is 6.92 Å². The van der Waals surface area contributed by atoms with Gasteiger partial charge in [-0.15, -0.1) is 11.8 Å². The Bertz CT molecular complexity index is 453. The van der Waals surface area contributed by atoms with Gasteiger partial charge in [-0.3, -0.25) is 0 Å². The number of hydrogen-bond donors (Lipinski definition) is 1. The monoisotopic (exact) mass is 220 g/mol. The highest BCUT2D eigenvalue weighted by atomic mass is 32.2. The second-order valence-electron chi connectivity index (χ2n) is 3.26. The Balaban J connectivity index is 2.02. The molecule has 2 rings (SSSR count). The zero-order chi connectivity index (χ0) is 10.7. The van der Waals surface area contributed by atoms with E-state index in [1.165, 1.54) is 0 Å². The van der Waals surface area contributed by atoms with Crippen molar-refractivity contribution in [3.05, 3.63) is 41.8 Å². The number of hydrogen-bond acceptors (Lipinski definition) is 4. The molecule has 78 valence electrons. The van der Waals surface area contributed by atoms with Crippen LogP contribution in [-0.2, 0) is 5.75 Å². The molecule has 0 aliphatic heterocycles. The molecule has 0 atom stereocenters. The van der Waals surface area contributed by atoms with E-state index >= 15 is 0 Å². The summed E-state index contributed by atoms with van der Waals surface area (Å²) in [7, 11) is 0. The molecule has 1 aromatic carbocycles. The van der Waals surface area contributed by atoms with Crippen LogP contribution in [0.5, 0.6) is 0 Å². The van der Waals surface area contributed by atoms with Crippen molar-refractivity contribution in [2.45, 2.75) is 17.6 Å². The number of para-hydroxylation sites is 1. The molecule has 0 bridgehead atoms. The molecule has 0 saturated carbocycles. The lowest BCUT2D eigenvalue weighted by molar-refractivity contribution is 0.391. The van der Waals surface area contributed by atoms with Crippen LogP contribution in [0.25, 0.3) is 0 Å². The number of anilines is 1. The molecule has 3 nitrogen and oxygen atoms in total. The first-order chi connectivity index (χ1) is 7.25. The molecule has 1 aromatic heterocycles. The summed E-state index contributed by atoms with van der Waals surface area (Å²) in [6.07, 6.45) is 0. The third-order valence-corrected chi connectivity index (χ3v) is 3.08. The van der Waals surface area contributed by atoms with Crippen molar-refractivity contribution in [1.29, 1.82) is 0 Å². The molecular formula is C11H12N2OS. The van der Waals surface area contributed by atoms with E-state index < -0.39 is 0 Å². The molecule has 0 amide bonds. The van der Waals surface area contributed by atoms with Crippen molar-refractivity contribution in [2.75, 3.05) is 5.73 Å². The first kappa shape index (κ1) is 10.1. The van der Waals surface area contributed by atoms with Gasteiger partial charge in [-0.2, -0.15) is 0 Å². The summed E-state index contributed by atoms with van der Waals surface area (Å²) in [4.78, 5) is 1.08. The molecule has 2 aromatic rings. The highest BCUT2D eigenvalue weighted by molar-refractivity contribution is 7.98. The first-order valence-electron chi connectivity index (χ1n) is 4.65.